The second-order valence-corrected chi connectivity index (χ2v) is 7.06. The zero-order valence-corrected chi connectivity index (χ0v) is 16.8. The molecular formula is C22H25N5O2. The van der Waals surface area contributed by atoms with Gasteiger partial charge in [0.25, 0.3) is 0 Å². The molecule has 3 N–H and O–H groups in total. The van der Waals surface area contributed by atoms with Crippen molar-refractivity contribution in [3.8, 4) is 0 Å². The molecule has 2 amide bonds. The van der Waals surface area contributed by atoms with Gasteiger partial charge >= 0.3 is 0 Å². The van der Waals surface area contributed by atoms with Crippen LogP contribution in [0.15, 0.2) is 54.6 Å². The minimum atomic E-state index is -0.482. The average molecular weight is 391 g/mol. The Morgan fingerprint density at radius 1 is 0.966 bits per heavy atom. The third-order valence-electron chi connectivity index (χ3n) is 4.56. The van der Waals surface area contributed by atoms with E-state index >= 15 is 0 Å². The second kappa shape index (κ2) is 9.14. The molecule has 1 aromatic heterocycles. The first-order chi connectivity index (χ1) is 13.9. The number of rotatable bonds is 7. The van der Waals surface area contributed by atoms with Gasteiger partial charge in [-0.15, -0.1) is 0 Å². The normalized spacial score (nSPS) is 12.8. The molecular weight excluding hydrogens is 366 g/mol. The highest BCUT2D eigenvalue weighted by Gasteiger charge is 2.23. The molecule has 0 aliphatic rings. The first-order valence-corrected chi connectivity index (χ1v) is 9.49. The zero-order chi connectivity index (χ0) is 20.8. The Morgan fingerprint density at radius 2 is 1.66 bits per heavy atom. The summed E-state index contributed by atoms with van der Waals surface area (Å²) in [6.07, 6.45) is 0.107. The highest BCUT2D eigenvalue weighted by atomic mass is 16.2. The molecule has 29 heavy (non-hydrogen) atoms. The first-order valence-electron chi connectivity index (χ1n) is 9.49. The van der Waals surface area contributed by atoms with E-state index in [-0.39, 0.29) is 18.2 Å². The Hall–Kier alpha value is -3.48. The van der Waals surface area contributed by atoms with Crippen LogP contribution in [0.2, 0.25) is 0 Å². The quantitative estimate of drug-likeness (QED) is 0.577. The zero-order valence-electron chi connectivity index (χ0n) is 16.8. The first kappa shape index (κ1) is 20.3. The summed E-state index contributed by atoms with van der Waals surface area (Å²) in [5.41, 5.74) is 2.88. The molecule has 2 aromatic carbocycles. The lowest BCUT2D eigenvalue weighted by molar-refractivity contribution is -0.123. The van der Waals surface area contributed by atoms with Gasteiger partial charge in [-0.1, -0.05) is 60.2 Å². The molecule has 0 aliphatic carbocycles. The van der Waals surface area contributed by atoms with Gasteiger partial charge in [-0.25, -0.2) is 4.98 Å². The van der Waals surface area contributed by atoms with E-state index in [9.17, 15) is 9.59 Å². The fourth-order valence-corrected chi connectivity index (χ4v) is 3.13. The van der Waals surface area contributed by atoms with Crippen molar-refractivity contribution in [1.82, 2.24) is 25.8 Å². The van der Waals surface area contributed by atoms with Crippen LogP contribution in [0.25, 0.3) is 0 Å². The molecule has 0 bridgehead atoms. The molecule has 7 heteroatoms. The summed E-state index contributed by atoms with van der Waals surface area (Å²) in [5, 5.41) is 12.9. The number of aryl methyl sites for hydroxylation is 2. The molecule has 0 aliphatic heterocycles. The van der Waals surface area contributed by atoms with Crippen LogP contribution in [0, 0.1) is 13.8 Å². The van der Waals surface area contributed by atoms with Gasteiger partial charge in [-0.3, -0.25) is 14.7 Å². The number of carbonyl (C=O) groups is 2. The Bertz CT molecular complexity index is 966. The molecule has 0 saturated heterocycles. The van der Waals surface area contributed by atoms with Crippen molar-refractivity contribution in [2.24, 2.45) is 0 Å². The largest absolute Gasteiger partial charge is 0.349 e. The summed E-state index contributed by atoms with van der Waals surface area (Å²) < 4.78 is 0. The van der Waals surface area contributed by atoms with Crippen LogP contribution >= 0.6 is 0 Å². The molecule has 7 nitrogen and oxygen atoms in total. The Kier molecular flexibility index (Phi) is 6.39. The van der Waals surface area contributed by atoms with Crippen molar-refractivity contribution in [3.63, 3.8) is 0 Å². The van der Waals surface area contributed by atoms with E-state index in [0.717, 1.165) is 16.7 Å². The fraction of sp³-hybridized carbons (Fsp3) is 0.273. The van der Waals surface area contributed by atoms with Crippen molar-refractivity contribution in [2.75, 3.05) is 0 Å². The van der Waals surface area contributed by atoms with Crippen molar-refractivity contribution in [2.45, 2.75) is 39.3 Å². The summed E-state index contributed by atoms with van der Waals surface area (Å²) >= 11 is 0. The predicted molar refractivity (Wildman–Crippen MR) is 110 cm³/mol. The van der Waals surface area contributed by atoms with E-state index in [2.05, 4.69) is 25.8 Å². The van der Waals surface area contributed by atoms with E-state index in [1.807, 2.05) is 68.4 Å². The van der Waals surface area contributed by atoms with Crippen molar-refractivity contribution >= 4 is 11.8 Å². The molecule has 2 unspecified atom stereocenters. The summed E-state index contributed by atoms with van der Waals surface area (Å²) in [5.74, 6) is 0.771. The lowest BCUT2D eigenvalue weighted by atomic mass is 10.0. The number of aromatic nitrogens is 3. The maximum absolute atomic E-state index is 12.9. The van der Waals surface area contributed by atoms with Gasteiger partial charge in [-0.05, 0) is 25.0 Å². The smallest absolute Gasteiger partial charge is 0.223 e. The SMILES string of the molecule is CC(=O)NC(CC(=O)NC(c1ccccc1)c1n[nH]c(C)n1)c1ccc(C)cc1. The Labute approximate surface area is 170 Å². The van der Waals surface area contributed by atoms with Gasteiger partial charge in [0.2, 0.25) is 11.8 Å². The molecule has 2 atom stereocenters. The molecule has 1 heterocycles. The summed E-state index contributed by atoms with van der Waals surface area (Å²) in [6, 6.07) is 16.4. The van der Waals surface area contributed by atoms with Crippen molar-refractivity contribution < 1.29 is 9.59 Å². The number of hydrogen-bond donors (Lipinski definition) is 3. The van der Waals surface area contributed by atoms with Crippen molar-refractivity contribution in [1.29, 1.82) is 0 Å². The molecule has 3 aromatic rings. The van der Waals surface area contributed by atoms with E-state index < -0.39 is 12.1 Å². The second-order valence-electron chi connectivity index (χ2n) is 7.06. The van der Waals surface area contributed by atoms with Crippen LogP contribution in [-0.4, -0.2) is 27.0 Å². The fourth-order valence-electron chi connectivity index (χ4n) is 3.13. The summed E-state index contributed by atoms with van der Waals surface area (Å²) in [6.45, 7) is 5.25. The lowest BCUT2D eigenvalue weighted by Crippen LogP contribution is -2.35. The number of benzene rings is 2. The number of amides is 2. The molecule has 3 rings (SSSR count). The third-order valence-corrected chi connectivity index (χ3v) is 4.56. The van der Waals surface area contributed by atoms with E-state index in [1.165, 1.54) is 6.92 Å². The maximum Gasteiger partial charge on any atom is 0.223 e. The molecule has 0 spiro atoms. The summed E-state index contributed by atoms with van der Waals surface area (Å²) in [7, 11) is 0. The van der Waals surface area contributed by atoms with E-state index in [4.69, 9.17) is 0 Å². The van der Waals surface area contributed by atoms with Gasteiger partial charge in [0.05, 0.1) is 12.5 Å². The van der Waals surface area contributed by atoms with Gasteiger partial charge in [0.1, 0.15) is 11.9 Å². The standard InChI is InChI=1S/C22H25N5O2/c1-14-9-11-17(12-10-14)19(24-16(3)28)13-20(29)25-21(18-7-5-4-6-8-18)22-23-15(2)26-27-22/h4-12,19,21H,13H2,1-3H3,(H,24,28)(H,25,29)(H,23,26,27). The van der Waals surface area contributed by atoms with Gasteiger partial charge in [0, 0.05) is 6.92 Å². The summed E-state index contributed by atoms with van der Waals surface area (Å²) in [4.78, 5) is 29.0. The van der Waals surface area contributed by atoms with Gasteiger partial charge in [0.15, 0.2) is 5.82 Å². The Balaban J connectivity index is 1.80. The maximum atomic E-state index is 12.9. The minimum absolute atomic E-state index is 0.107. The number of carbonyl (C=O) groups excluding carboxylic acids is 2. The molecule has 0 saturated carbocycles. The molecule has 150 valence electrons. The number of nitrogens with zero attached hydrogens (tertiary/aromatic N) is 2. The van der Waals surface area contributed by atoms with Crippen molar-refractivity contribution in [3.05, 3.63) is 82.9 Å². The molecule has 0 radical (unpaired) electrons. The van der Waals surface area contributed by atoms with Crippen LogP contribution in [0.1, 0.15) is 53.8 Å². The highest BCUT2D eigenvalue weighted by Crippen LogP contribution is 2.22. The van der Waals surface area contributed by atoms with E-state index in [1.54, 1.807) is 0 Å². The van der Waals surface area contributed by atoms with E-state index in [0.29, 0.717) is 11.6 Å². The lowest BCUT2D eigenvalue weighted by Gasteiger charge is -2.21. The number of hydrogen-bond acceptors (Lipinski definition) is 4. The van der Waals surface area contributed by atoms with Crippen LogP contribution < -0.4 is 10.6 Å². The molecule has 0 fully saturated rings. The van der Waals surface area contributed by atoms with Gasteiger partial charge in [-0.2, -0.15) is 5.10 Å². The Morgan fingerprint density at radius 3 is 2.24 bits per heavy atom. The number of H-pyrrole nitrogens is 1. The topological polar surface area (TPSA) is 99.8 Å². The predicted octanol–water partition coefficient (Wildman–Crippen LogP) is 2.89. The van der Waals surface area contributed by atoms with Crippen LogP contribution in [0.5, 0.6) is 0 Å². The monoisotopic (exact) mass is 391 g/mol. The number of nitrogens with one attached hydrogen (secondary N) is 3. The minimum Gasteiger partial charge on any atom is -0.349 e. The van der Waals surface area contributed by atoms with Crippen LogP contribution in [0.4, 0.5) is 0 Å². The highest BCUT2D eigenvalue weighted by molar-refractivity contribution is 5.79. The van der Waals surface area contributed by atoms with Crippen LogP contribution in [-0.2, 0) is 9.59 Å². The average Bonchev–Trinajstić information content (AvgIpc) is 3.12. The number of aromatic amines is 1. The van der Waals surface area contributed by atoms with Gasteiger partial charge < -0.3 is 10.6 Å². The third kappa shape index (κ3) is 5.51. The van der Waals surface area contributed by atoms with Crippen LogP contribution in [0.3, 0.4) is 0 Å².